The molecule has 0 aromatic rings. The number of halogens is 1. The summed E-state index contributed by atoms with van der Waals surface area (Å²) in [4.78, 5) is 10.9. The zero-order valence-corrected chi connectivity index (χ0v) is 10.1. The van der Waals surface area contributed by atoms with Gasteiger partial charge in [-0.2, -0.15) is 0 Å². The molecular weight excluding hydrogens is 241 g/mol. The first-order chi connectivity index (χ1) is 6.58. The molecule has 0 unspecified atom stereocenters. The quantitative estimate of drug-likeness (QED) is 0.213. The summed E-state index contributed by atoms with van der Waals surface area (Å²) < 4.78 is 8.46. The van der Waals surface area contributed by atoms with Crippen LogP contribution >= 0.6 is 21.1 Å². The van der Waals surface area contributed by atoms with Crippen LogP contribution in [0.4, 0.5) is 0 Å². The summed E-state index contributed by atoms with van der Waals surface area (Å²) in [5.41, 5.74) is 10.3. The van der Waals surface area contributed by atoms with Crippen LogP contribution in [0.2, 0.25) is 0 Å². The molecule has 0 spiro atoms. The molecule has 7 N–H and O–H groups in total. The molecule has 0 saturated carbocycles. The molecule has 0 atom stereocenters. The van der Waals surface area contributed by atoms with Crippen molar-refractivity contribution in [3.05, 3.63) is 0 Å². The van der Waals surface area contributed by atoms with E-state index in [1.807, 2.05) is 0 Å². The molecule has 0 amide bonds. The Hall–Kier alpha value is -0.910. The third-order valence-corrected chi connectivity index (χ3v) is 1.06. The zero-order chi connectivity index (χ0) is 11.4. The van der Waals surface area contributed by atoms with Gasteiger partial charge in [0.2, 0.25) is 0 Å². The Balaban J connectivity index is -0.000000320. The van der Waals surface area contributed by atoms with Gasteiger partial charge in [-0.25, -0.2) is 4.57 Å². The van der Waals surface area contributed by atoms with E-state index in [0.29, 0.717) is 6.54 Å². The Morgan fingerprint density at radius 2 is 2.07 bits per heavy atom. The molecule has 0 aliphatic heterocycles. The molecule has 0 bridgehead atoms. The van der Waals surface area contributed by atoms with Crippen LogP contribution in [-0.4, -0.2) is 23.4 Å². The van der Waals surface area contributed by atoms with Gasteiger partial charge in [0.15, 0.2) is 11.9 Å². The molecular formula is C6H17ClN5O2P. The lowest BCUT2D eigenvalue weighted by molar-refractivity contribution is 0.524. The maximum atomic E-state index is 8.46. The van der Waals surface area contributed by atoms with Crippen LogP contribution in [0.1, 0.15) is 19.8 Å². The number of unbranched alkanes of at least 4 members (excludes halogenated alkanes) is 1. The fourth-order valence-electron chi connectivity index (χ4n) is 0.535. The molecule has 0 fully saturated rings. The van der Waals surface area contributed by atoms with E-state index in [9.17, 15) is 0 Å². The van der Waals surface area contributed by atoms with E-state index in [1.54, 1.807) is 0 Å². The minimum absolute atomic E-state index is 0. The van der Waals surface area contributed by atoms with E-state index in [0.717, 1.165) is 12.8 Å². The van der Waals surface area contributed by atoms with Crippen LogP contribution in [0, 0.1) is 5.41 Å². The van der Waals surface area contributed by atoms with E-state index in [2.05, 4.69) is 17.2 Å². The zero-order valence-electron chi connectivity index (χ0n) is 8.43. The third kappa shape index (κ3) is 24.6. The van der Waals surface area contributed by atoms with E-state index in [-0.39, 0.29) is 24.3 Å². The van der Waals surface area contributed by atoms with Crippen molar-refractivity contribution >= 4 is 33.0 Å². The van der Waals surface area contributed by atoms with Gasteiger partial charge in [-0.15, -0.1) is 12.4 Å². The Labute approximate surface area is 96.5 Å². The lowest BCUT2D eigenvalue weighted by Gasteiger charge is -2.00. The Morgan fingerprint density at radius 3 is 2.40 bits per heavy atom. The lowest BCUT2D eigenvalue weighted by Crippen LogP contribution is -2.40. The van der Waals surface area contributed by atoms with Gasteiger partial charge >= 0.3 is 8.69 Å². The first-order valence-corrected chi connectivity index (χ1v) is 4.72. The van der Waals surface area contributed by atoms with Crippen molar-refractivity contribution in [1.82, 2.24) is 5.32 Å². The maximum absolute atomic E-state index is 8.46. The van der Waals surface area contributed by atoms with E-state index in [4.69, 9.17) is 26.3 Å². The predicted molar refractivity (Wildman–Crippen MR) is 63.5 cm³/mol. The number of hydrogen-bond acceptors (Lipinski definition) is 3. The van der Waals surface area contributed by atoms with Gasteiger partial charge in [0, 0.05) is 6.54 Å². The SMILES string of the molecule is CCCCN=C(N)NC(=N)N.Cl.O=PO. The number of nitrogens with one attached hydrogen (secondary N) is 2. The minimum atomic E-state index is -0.833. The number of rotatable bonds is 3. The monoisotopic (exact) mass is 257 g/mol. The van der Waals surface area contributed by atoms with Crippen LogP contribution in [0.25, 0.3) is 0 Å². The number of guanidine groups is 2. The molecule has 0 saturated heterocycles. The van der Waals surface area contributed by atoms with Crippen LogP contribution in [-0.2, 0) is 4.57 Å². The van der Waals surface area contributed by atoms with E-state index >= 15 is 0 Å². The predicted octanol–water partition coefficient (Wildman–Crippen LogP) is 0.191. The van der Waals surface area contributed by atoms with Gasteiger partial charge in [0.05, 0.1) is 0 Å². The van der Waals surface area contributed by atoms with E-state index < -0.39 is 8.69 Å². The smallest absolute Gasteiger partial charge is 0.324 e. The molecule has 15 heavy (non-hydrogen) atoms. The van der Waals surface area contributed by atoms with Crippen LogP contribution < -0.4 is 16.8 Å². The average Bonchev–Trinajstić information content (AvgIpc) is 2.04. The number of hydrogen-bond donors (Lipinski definition) is 5. The van der Waals surface area contributed by atoms with Crippen LogP contribution in [0.5, 0.6) is 0 Å². The van der Waals surface area contributed by atoms with Crippen molar-refractivity contribution < 1.29 is 9.46 Å². The van der Waals surface area contributed by atoms with Crippen molar-refractivity contribution in [2.75, 3.05) is 6.54 Å². The summed E-state index contributed by atoms with van der Waals surface area (Å²) in [6, 6.07) is 0. The first kappa shape index (κ1) is 19.6. The average molecular weight is 258 g/mol. The summed E-state index contributed by atoms with van der Waals surface area (Å²) >= 11 is 0. The van der Waals surface area contributed by atoms with Gasteiger partial charge in [-0.3, -0.25) is 15.7 Å². The highest BCUT2D eigenvalue weighted by atomic mass is 35.5. The summed E-state index contributed by atoms with van der Waals surface area (Å²) in [6.45, 7) is 2.76. The summed E-state index contributed by atoms with van der Waals surface area (Å²) in [5, 5.41) is 9.20. The lowest BCUT2D eigenvalue weighted by atomic mass is 10.3. The van der Waals surface area contributed by atoms with Crippen molar-refractivity contribution in [1.29, 1.82) is 5.41 Å². The van der Waals surface area contributed by atoms with Gasteiger partial charge in [-0.1, -0.05) is 13.3 Å². The fraction of sp³-hybridized carbons (Fsp3) is 0.667. The molecule has 0 rings (SSSR count). The molecule has 9 heteroatoms. The second kappa shape index (κ2) is 15.6. The highest BCUT2D eigenvalue weighted by Crippen LogP contribution is 1.85. The Kier molecular flexibility index (Phi) is 20.4. The third-order valence-electron chi connectivity index (χ3n) is 1.06. The second-order valence-electron chi connectivity index (χ2n) is 2.24. The van der Waals surface area contributed by atoms with Crippen molar-refractivity contribution in [2.45, 2.75) is 19.8 Å². The molecule has 0 heterocycles. The molecule has 0 aliphatic carbocycles. The number of nitrogens with two attached hydrogens (primary N) is 2. The second-order valence-corrected chi connectivity index (χ2v) is 2.40. The topological polar surface area (TPSA) is 138 Å². The number of nitrogens with zero attached hydrogens (tertiary/aromatic N) is 1. The highest BCUT2D eigenvalue weighted by Gasteiger charge is 1.90. The Bertz CT molecular complexity index is 202. The van der Waals surface area contributed by atoms with Gasteiger partial charge < -0.3 is 16.4 Å². The molecule has 7 nitrogen and oxygen atoms in total. The molecule has 0 aliphatic rings. The van der Waals surface area contributed by atoms with Gasteiger partial charge in [0.1, 0.15) is 0 Å². The number of aliphatic imine (C=N–C) groups is 1. The van der Waals surface area contributed by atoms with E-state index in [1.165, 1.54) is 0 Å². The maximum Gasteiger partial charge on any atom is 0.324 e. The molecule has 90 valence electrons. The summed E-state index contributed by atoms with van der Waals surface area (Å²) in [7, 11) is -0.833. The fourth-order valence-corrected chi connectivity index (χ4v) is 0.535. The largest absolute Gasteiger partial charge is 0.370 e. The first-order valence-electron chi connectivity index (χ1n) is 3.96. The summed E-state index contributed by atoms with van der Waals surface area (Å²) in [6.07, 6.45) is 2.08. The Morgan fingerprint density at radius 1 is 1.60 bits per heavy atom. The summed E-state index contributed by atoms with van der Waals surface area (Å²) in [5.74, 6) is 0.0358. The van der Waals surface area contributed by atoms with Crippen LogP contribution in [0.3, 0.4) is 0 Å². The normalized spacial score (nSPS) is 9.60. The molecule has 0 aromatic carbocycles. The van der Waals surface area contributed by atoms with Crippen molar-refractivity contribution in [3.8, 4) is 0 Å². The molecule has 0 aromatic heterocycles. The molecule has 0 radical (unpaired) electrons. The van der Waals surface area contributed by atoms with Crippen LogP contribution in [0.15, 0.2) is 4.99 Å². The van der Waals surface area contributed by atoms with Gasteiger partial charge in [0.25, 0.3) is 0 Å². The van der Waals surface area contributed by atoms with Crippen molar-refractivity contribution in [3.63, 3.8) is 0 Å². The highest BCUT2D eigenvalue weighted by molar-refractivity contribution is 7.16. The minimum Gasteiger partial charge on any atom is -0.370 e. The standard InChI is InChI=1S/C6H15N5.ClH.HO2P/c1-2-3-4-10-6(9)11-5(7)8;;1-3-2/h2-4H2,1H3,(H6,7,8,9,10,11);1H;(H,1,2). The van der Waals surface area contributed by atoms with Gasteiger partial charge in [-0.05, 0) is 6.42 Å². The van der Waals surface area contributed by atoms with Crippen molar-refractivity contribution in [2.24, 2.45) is 16.5 Å².